The van der Waals surface area contributed by atoms with Crippen LogP contribution in [0.5, 0.6) is 0 Å². The first-order valence-electron chi connectivity index (χ1n) is 17.5. The highest BCUT2D eigenvalue weighted by atomic mass is 15.1. The van der Waals surface area contributed by atoms with E-state index in [0.717, 1.165) is 5.69 Å². The molecule has 0 fully saturated rings. The fourth-order valence-electron chi connectivity index (χ4n) is 9.21. The van der Waals surface area contributed by atoms with Gasteiger partial charge >= 0.3 is 0 Å². The molecular formula is C48H37N. The maximum absolute atomic E-state index is 2.53. The Balaban J connectivity index is 1.28. The van der Waals surface area contributed by atoms with Gasteiger partial charge in [0.25, 0.3) is 0 Å². The minimum atomic E-state index is -0.0979. The van der Waals surface area contributed by atoms with Crippen molar-refractivity contribution in [3.05, 3.63) is 174 Å². The first kappa shape index (κ1) is 28.4. The molecule has 10 rings (SSSR count). The predicted molar refractivity (Wildman–Crippen MR) is 209 cm³/mol. The van der Waals surface area contributed by atoms with Gasteiger partial charge in [-0.15, -0.1) is 0 Å². The van der Waals surface area contributed by atoms with Gasteiger partial charge in [-0.05, 0) is 102 Å². The lowest BCUT2D eigenvalue weighted by Gasteiger charge is -2.30. The normalized spacial score (nSPS) is 14.9. The van der Waals surface area contributed by atoms with E-state index in [1.165, 1.54) is 88.2 Å². The highest BCUT2D eigenvalue weighted by molar-refractivity contribution is 6.25. The monoisotopic (exact) mass is 627 g/mol. The number of nitrogens with zero attached hydrogens (tertiary/aromatic N) is 1. The van der Waals surface area contributed by atoms with Crippen molar-refractivity contribution in [3.8, 4) is 22.3 Å². The third-order valence-corrected chi connectivity index (χ3v) is 11.6. The lowest BCUT2D eigenvalue weighted by Crippen LogP contribution is -2.17. The lowest BCUT2D eigenvalue weighted by atomic mass is 9.82. The van der Waals surface area contributed by atoms with Crippen LogP contribution >= 0.6 is 0 Å². The number of benzene rings is 8. The second kappa shape index (κ2) is 9.94. The van der Waals surface area contributed by atoms with Gasteiger partial charge < -0.3 is 4.90 Å². The molecule has 0 saturated carbocycles. The molecule has 2 aliphatic rings. The topological polar surface area (TPSA) is 3.24 Å². The van der Waals surface area contributed by atoms with Gasteiger partial charge in [-0.2, -0.15) is 0 Å². The summed E-state index contributed by atoms with van der Waals surface area (Å²) in [6.45, 7) is 9.48. The zero-order valence-electron chi connectivity index (χ0n) is 28.4. The Bertz CT molecular complexity index is 2640. The molecule has 8 aromatic rings. The molecule has 0 aliphatic heterocycles. The minimum absolute atomic E-state index is 0.0896. The molecule has 0 amide bonds. The molecule has 0 N–H and O–H groups in total. The molecule has 0 bridgehead atoms. The fourth-order valence-corrected chi connectivity index (χ4v) is 9.21. The van der Waals surface area contributed by atoms with Gasteiger partial charge in [0, 0.05) is 27.8 Å². The number of fused-ring (bicyclic) bond motifs is 12. The summed E-state index contributed by atoms with van der Waals surface area (Å²) < 4.78 is 0. The van der Waals surface area contributed by atoms with Crippen LogP contribution in [0.1, 0.15) is 49.9 Å². The van der Waals surface area contributed by atoms with Crippen molar-refractivity contribution in [3.63, 3.8) is 0 Å². The van der Waals surface area contributed by atoms with Gasteiger partial charge in [-0.1, -0.05) is 149 Å². The maximum Gasteiger partial charge on any atom is 0.0543 e. The van der Waals surface area contributed by atoms with Crippen LogP contribution in [-0.4, -0.2) is 0 Å². The molecule has 0 unspecified atom stereocenters. The van der Waals surface area contributed by atoms with Gasteiger partial charge in [-0.25, -0.2) is 0 Å². The van der Waals surface area contributed by atoms with Crippen LogP contribution in [0.15, 0.2) is 152 Å². The van der Waals surface area contributed by atoms with Crippen LogP contribution in [-0.2, 0) is 10.8 Å². The van der Waals surface area contributed by atoms with E-state index in [0.29, 0.717) is 0 Å². The summed E-state index contributed by atoms with van der Waals surface area (Å²) in [6, 6.07) is 56.8. The average molecular weight is 628 g/mol. The number of hydrogen-bond acceptors (Lipinski definition) is 1. The highest BCUT2D eigenvalue weighted by Crippen LogP contribution is 2.56. The molecule has 0 radical (unpaired) electrons. The van der Waals surface area contributed by atoms with E-state index in [-0.39, 0.29) is 10.8 Å². The predicted octanol–water partition coefficient (Wildman–Crippen LogP) is 13.2. The quantitative estimate of drug-likeness (QED) is 0.176. The van der Waals surface area contributed by atoms with Gasteiger partial charge in [0.2, 0.25) is 0 Å². The highest BCUT2D eigenvalue weighted by Gasteiger charge is 2.39. The number of anilines is 3. The maximum atomic E-state index is 2.53. The molecule has 0 heterocycles. The van der Waals surface area contributed by atoms with Crippen molar-refractivity contribution in [1.29, 1.82) is 0 Å². The first-order chi connectivity index (χ1) is 23.8. The largest absolute Gasteiger partial charge is 0.310 e. The second-order valence-corrected chi connectivity index (χ2v) is 14.9. The van der Waals surface area contributed by atoms with Crippen molar-refractivity contribution < 1.29 is 0 Å². The SMILES string of the molecule is CC1(C)c2ccccc2-c2ccc(N(c3ccc4c5ccccc5c5ccccc5c4c3)c3cccc4c3-c3ccccc3C4(C)C)cc21. The number of hydrogen-bond donors (Lipinski definition) is 0. The number of rotatable bonds is 3. The molecule has 1 nitrogen and oxygen atoms in total. The summed E-state index contributed by atoms with van der Waals surface area (Å²) in [5.74, 6) is 0. The molecule has 0 saturated heterocycles. The summed E-state index contributed by atoms with van der Waals surface area (Å²) in [4.78, 5) is 2.53. The smallest absolute Gasteiger partial charge is 0.0543 e. The van der Waals surface area contributed by atoms with Gasteiger partial charge in [0.05, 0.1) is 5.69 Å². The fraction of sp³-hybridized carbons (Fsp3) is 0.125. The van der Waals surface area contributed by atoms with Crippen LogP contribution < -0.4 is 4.90 Å². The van der Waals surface area contributed by atoms with E-state index in [4.69, 9.17) is 0 Å². The third-order valence-electron chi connectivity index (χ3n) is 11.6. The van der Waals surface area contributed by atoms with E-state index in [9.17, 15) is 0 Å². The zero-order chi connectivity index (χ0) is 33.1. The molecule has 49 heavy (non-hydrogen) atoms. The standard InChI is InChI=1S/C48H37N/c1-47(2)42-21-12-10-19-39(42)46-43(47)22-13-23-45(46)49(31-25-27-38-37-18-9-11-20-41(37)48(3,4)44(38)29-31)30-24-26-36-34-16-6-5-14-32(34)33-15-7-8-17-35(33)40(36)28-30/h5-29H,1-4H3. The van der Waals surface area contributed by atoms with E-state index in [1.807, 2.05) is 0 Å². The van der Waals surface area contributed by atoms with Crippen molar-refractivity contribution in [1.82, 2.24) is 0 Å². The van der Waals surface area contributed by atoms with Gasteiger partial charge in [-0.3, -0.25) is 0 Å². The van der Waals surface area contributed by atoms with Crippen LogP contribution in [0, 0.1) is 0 Å². The molecule has 0 atom stereocenters. The molecule has 0 spiro atoms. The van der Waals surface area contributed by atoms with Gasteiger partial charge in [0.1, 0.15) is 0 Å². The first-order valence-corrected chi connectivity index (χ1v) is 17.5. The Kier molecular flexibility index (Phi) is 5.75. The third kappa shape index (κ3) is 3.82. The zero-order valence-corrected chi connectivity index (χ0v) is 28.4. The van der Waals surface area contributed by atoms with E-state index in [1.54, 1.807) is 0 Å². The Labute approximate surface area is 288 Å². The summed E-state index contributed by atoms with van der Waals surface area (Å²) in [5.41, 5.74) is 14.3. The summed E-state index contributed by atoms with van der Waals surface area (Å²) in [6.07, 6.45) is 0. The molecule has 0 aromatic heterocycles. The van der Waals surface area contributed by atoms with E-state index >= 15 is 0 Å². The van der Waals surface area contributed by atoms with Crippen LogP contribution in [0.25, 0.3) is 54.6 Å². The molecule has 1 heteroatoms. The second-order valence-electron chi connectivity index (χ2n) is 14.9. The summed E-state index contributed by atoms with van der Waals surface area (Å²) in [5, 5.41) is 7.74. The molecule has 8 aromatic carbocycles. The van der Waals surface area contributed by atoms with Crippen molar-refractivity contribution in [2.24, 2.45) is 0 Å². The molecule has 234 valence electrons. The summed E-state index contributed by atoms with van der Waals surface area (Å²) >= 11 is 0. The van der Waals surface area contributed by atoms with Crippen molar-refractivity contribution >= 4 is 49.4 Å². The van der Waals surface area contributed by atoms with E-state index < -0.39 is 0 Å². The average Bonchev–Trinajstić information content (AvgIpc) is 3.52. The molecule has 2 aliphatic carbocycles. The van der Waals surface area contributed by atoms with Crippen molar-refractivity contribution in [2.75, 3.05) is 4.90 Å². The Morgan fingerprint density at radius 1 is 0.347 bits per heavy atom. The van der Waals surface area contributed by atoms with Crippen LogP contribution in [0.4, 0.5) is 17.1 Å². The Morgan fingerprint density at radius 2 is 0.816 bits per heavy atom. The van der Waals surface area contributed by atoms with Gasteiger partial charge in [0.15, 0.2) is 0 Å². The van der Waals surface area contributed by atoms with E-state index in [2.05, 4.69) is 184 Å². The van der Waals surface area contributed by atoms with Crippen LogP contribution in [0.3, 0.4) is 0 Å². The van der Waals surface area contributed by atoms with Crippen LogP contribution in [0.2, 0.25) is 0 Å². The minimum Gasteiger partial charge on any atom is -0.310 e. The summed E-state index contributed by atoms with van der Waals surface area (Å²) in [7, 11) is 0. The Hall–Kier alpha value is -5.66. The Morgan fingerprint density at radius 3 is 1.51 bits per heavy atom. The van der Waals surface area contributed by atoms with Crippen molar-refractivity contribution in [2.45, 2.75) is 38.5 Å². The molecular weight excluding hydrogens is 591 g/mol. The lowest BCUT2D eigenvalue weighted by molar-refractivity contribution is 0.660.